The Labute approximate surface area is 180 Å². The van der Waals surface area contributed by atoms with E-state index in [9.17, 15) is 14.7 Å². The van der Waals surface area contributed by atoms with Crippen LogP contribution in [0, 0.1) is 13.8 Å². The van der Waals surface area contributed by atoms with Gasteiger partial charge in [-0.3, -0.25) is 9.59 Å². The van der Waals surface area contributed by atoms with E-state index >= 15 is 0 Å². The predicted molar refractivity (Wildman–Crippen MR) is 116 cm³/mol. The molecule has 1 aliphatic heterocycles. The number of aromatic nitrogens is 1. The summed E-state index contributed by atoms with van der Waals surface area (Å²) in [5, 5.41) is 11.5. The molecule has 1 aromatic heterocycles. The van der Waals surface area contributed by atoms with Gasteiger partial charge < -0.3 is 19.6 Å². The minimum Gasteiger partial charge on any atom is -0.503 e. The maximum Gasteiger partial charge on any atom is 0.290 e. The van der Waals surface area contributed by atoms with E-state index in [0.717, 1.165) is 23.5 Å². The first-order chi connectivity index (χ1) is 14.2. The summed E-state index contributed by atoms with van der Waals surface area (Å²) in [5.74, 6) is -0.662. The topological polar surface area (TPSA) is 83.0 Å². The molecule has 1 atom stereocenters. The average molecular weight is 430 g/mol. The van der Waals surface area contributed by atoms with Gasteiger partial charge in [-0.2, -0.15) is 0 Å². The number of Topliss-reactive ketones (excluding diaryl/α,β-unsaturated/α-hetero) is 1. The second-order valence-corrected chi connectivity index (χ2v) is 8.77. The number of aryl methyl sites for hydroxylation is 2. The Kier molecular flexibility index (Phi) is 6.58. The van der Waals surface area contributed by atoms with E-state index in [-0.39, 0.29) is 11.4 Å². The molecule has 0 saturated heterocycles. The van der Waals surface area contributed by atoms with Gasteiger partial charge in [-0.15, -0.1) is 11.3 Å². The summed E-state index contributed by atoms with van der Waals surface area (Å²) >= 11 is 1.28. The highest BCUT2D eigenvalue weighted by molar-refractivity contribution is 7.14. The summed E-state index contributed by atoms with van der Waals surface area (Å²) in [4.78, 5) is 34.7. The zero-order valence-electron chi connectivity index (χ0n) is 17.9. The van der Waals surface area contributed by atoms with Crippen molar-refractivity contribution in [3.63, 3.8) is 0 Å². The highest BCUT2D eigenvalue weighted by atomic mass is 32.1. The standard InChI is InChI=1S/C22H27N3O4S/c1-13-21(30-14(2)23-13)19(26)17-18(15-7-9-16(29-5)10-8-15)25(22(28)20(17)27)12-6-11-24(3)4/h7-10,18,27H,6,11-12H2,1-5H3/t18-/m0/s1. The predicted octanol–water partition coefficient (Wildman–Crippen LogP) is 3.30. The molecule has 0 aliphatic carbocycles. The number of benzene rings is 1. The van der Waals surface area contributed by atoms with Crippen molar-refractivity contribution in [2.75, 3.05) is 34.3 Å². The molecular formula is C22H27N3O4S. The first-order valence-corrected chi connectivity index (χ1v) is 10.6. The molecule has 30 heavy (non-hydrogen) atoms. The van der Waals surface area contributed by atoms with Crippen LogP contribution in [0.5, 0.6) is 5.75 Å². The number of thiazole rings is 1. The van der Waals surface area contributed by atoms with Crippen LogP contribution in [0.4, 0.5) is 0 Å². The van der Waals surface area contributed by atoms with Gasteiger partial charge in [-0.25, -0.2) is 4.98 Å². The molecule has 0 unspecified atom stereocenters. The lowest BCUT2D eigenvalue weighted by atomic mass is 9.95. The lowest BCUT2D eigenvalue weighted by Crippen LogP contribution is -2.33. The SMILES string of the molecule is COc1ccc([C@H]2C(C(=O)c3sc(C)nc3C)=C(O)C(=O)N2CCCN(C)C)cc1. The van der Waals surface area contributed by atoms with Crippen molar-refractivity contribution in [2.24, 2.45) is 0 Å². The maximum atomic E-state index is 13.4. The van der Waals surface area contributed by atoms with Crippen LogP contribution in [0.15, 0.2) is 35.6 Å². The van der Waals surface area contributed by atoms with Gasteiger partial charge in [-0.05, 0) is 58.6 Å². The van der Waals surface area contributed by atoms with Crippen LogP contribution >= 0.6 is 11.3 Å². The zero-order chi connectivity index (χ0) is 22.0. The van der Waals surface area contributed by atoms with Gasteiger partial charge in [0, 0.05) is 6.54 Å². The number of ether oxygens (including phenoxy) is 1. The highest BCUT2D eigenvalue weighted by Crippen LogP contribution is 2.40. The number of ketones is 1. The van der Waals surface area contributed by atoms with Crippen LogP contribution in [0.3, 0.4) is 0 Å². The van der Waals surface area contributed by atoms with Gasteiger partial charge in [0.05, 0.1) is 34.3 Å². The summed E-state index contributed by atoms with van der Waals surface area (Å²) in [5.41, 5.74) is 1.47. The number of aliphatic hydroxyl groups excluding tert-OH is 1. The summed E-state index contributed by atoms with van der Waals surface area (Å²) in [7, 11) is 5.51. The van der Waals surface area contributed by atoms with Gasteiger partial charge in [0.1, 0.15) is 5.75 Å². The largest absolute Gasteiger partial charge is 0.503 e. The third-order valence-corrected chi connectivity index (χ3v) is 6.17. The van der Waals surface area contributed by atoms with Crippen molar-refractivity contribution in [3.8, 4) is 5.75 Å². The summed E-state index contributed by atoms with van der Waals surface area (Å²) in [6, 6.07) is 6.58. The highest BCUT2D eigenvalue weighted by Gasteiger charge is 2.44. The number of carbonyl (C=O) groups excluding carboxylic acids is 2. The van der Waals surface area contributed by atoms with Crippen molar-refractivity contribution in [2.45, 2.75) is 26.3 Å². The normalized spacial score (nSPS) is 16.7. The minimum absolute atomic E-state index is 0.113. The molecule has 0 fully saturated rings. The number of methoxy groups -OCH3 is 1. The molecule has 0 saturated carbocycles. The van der Waals surface area contributed by atoms with Crippen LogP contribution in [0.2, 0.25) is 0 Å². The Bertz CT molecular complexity index is 979. The molecule has 1 N–H and O–H groups in total. The van der Waals surface area contributed by atoms with Crippen LogP contribution in [-0.4, -0.2) is 65.9 Å². The number of hydrogen-bond donors (Lipinski definition) is 1. The van der Waals surface area contributed by atoms with Gasteiger partial charge in [0.15, 0.2) is 5.76 Å². The van der Waals surface area contributed by atoms with E-state index in [0.29, 0.717) is 22.9 Å². The molecule has 1 aromatic carbocycles. The molecule has 0 spiro atoms. The van der Waals surface area contributed by atoms with E-state index in [2.05, 4.69) is 4.98 Å². The molecule has 160 valence electrons. The first-order valence-electron chi connectivity index (χ1n) is 9.76. The number of nitrogens with zero attached hydrogens (tertiary/aromatic N) is 3. The number of amides is 1. The second kappa shape index (κ2) is 8.97. The molecule has 0 bridgehead atoms. The van der Waals surface area contributed by atoms with E-state index < -0.39 is 17.7 Å². The van der Waals surface area contributed by atoms with E-state index in [1.807, 2.05) is 38.1 Å². The van der Waals surface area contributed by atoms with E-state index in [4.69, 9.17) is 4.74 Å². The monoisotopic (exact) mass is 429 g/mol. The Balaban J connectivity index is 2.03. The molecule has 8 heteroatoms. The van der Waals surface area contributed by atoms with Crippen LogP contribution in [-0.2, 0) is 4.79 Å². The molecule has 7 nitrogen and oxygen atoms in total. The molecule has 2 aromatic rings. The van der Waals surface area contributed by atoms with E-state index in [1.54, 1.807) is 31.1 Å². The number of aliphatic hydroxyl groups is 1. The lowest BCUT2D eigenvalue weighted by Gasteiger charge is -2.27. The molecule has 1 amide bonds. The fourth-order valence-electron chi connectivity index (χ4n) is 3.67. The third kappa shape index (κ3) is 4.24. The summed E-state index contributed by atoms with van der Waals surface area (Å²) in [6.45, 7) is 4.81. The zero-order valence-corrected chi connectivity index (χ0v) is 18.7. The second-order valence-electron chi connectivity index (χ2n) is 7.57. The van der Waals surface area contributed by atoms with Crippen molar-refractivity contribution < 1.29 is 19.4 Å². The van der Waals surface area contributed by atoms with Crippen LogP contribution < -0.4 is 4.74 Å². The molecule has 2 heterocycles. The average Bonchev–Trinajstić information content (AvgIpc) is 3.18. The minimum atomic E-state index is -0.653. The van der Waals surface area contributed by atoms with Crippen LogP contribution in [0.25, 0.3) is 0 Å². The number of hydrogen-bond acceptors (Lipinski definition) is 7. The number of carbonyl (C=O) groups is 2. The Morgan fingerprint density at radius 1 is 1.27 bits per heavy atom. The van der Waals surface area contributed by atoms with Gasteiger partial charge in [0.2, 0.25) is 5.78 Å². The van der Waals surface area contributed by atoms with Gasteiger partial charge >= 0.3 is 0 Å². The molecule has 1 aliphatic rings. The lowest BCUT2D eigenvalue weighted by molar-refractivity contribution is -0.129. The number of rotatable bonds is 8. The Morgan fingerprint density at radius 2 is 1.93 bits per heavy atom. The van der Waals surface area contributed by atoms with Crippen molar-refractivity contribution in [1.82, 2.24) is 14.8 Å². The fraction of sp³-hybridized carbons (Fsp3) is 0.409. The van der Waals surface area contributed by atoms with Crippen molar-refractivity contribution in [1.29, 1.82) is 0 Å². The smallest absolute Gasteiger partial charge is 0.290 e. The first kappa shape index (κ1) is 22.0. The van der Waals surface area contributed by atoms with Crippen LogP contribution in [0.1, 0.15) is 38.4 Å². The van der Waals surface area contributed by atoms with Crippen molar-refractivity contribution in [3.05, 3.63) is 56.7 Å². The molecule has 3 rings (SSSR count). The maximum absolute atomic E-state index is 13.4. The summed E-state index contributed by atoms with van der Waals surface area (Å²) in [6.07, 6.45) is 0.721. The summed E-state index contributed by atoms with van der Waals surface area (Å²) < 4.78 is 5.23. The molecular weight excluding hydrogens is 402 g/mol. The van der Waals surface area contributed by atoms with Gasteiger partial charge in [0.25, 0.3) is 5.91 Å². The molecule has 0 radical (unpaired) electrons. The quantitative estimate of drug-likeness (QED) is 0.649. The fourth-order valence-corrected chi connectivity index (χ4v) is 4.54. The Morgan fingerprint density at radius 3 is 2.47 bits per heavy atom. The van der Waals surface area contributed by atoms with E-state index in [1.165, 1.54) is 11.3 Å². The Hall–Kier alpha value is -2.71. The third-order valence-electron chi connectivity index (χ3n) is 5.09. The van der Waals surface area contributed by atoms with Crippen molar-refractivity contribution >= 4 is 23.0 Å². The van der Waals surface area contributed by atoms with Gasteiger partial charge in [-0.1, -0.05) is 12.1 Å².